The van der Waals surface area contributed by atoms with Crippen molar-refractivity contribution in [3.63, 3.8) is 0 Å². The highest BCUT2D eigenvalue weighted by atomic mass is 32.2. The van der Waals surface area contributed by atoms with E-state index in [1.54, 1.807) is 12.1 Å². The molecule has 0 radical (unpaired) electrons. The minimum Gasteiger partial charge on any atom is -0.343 e. The van der Waals surface area contributed by atoms with Crippen LogP contribution in [0.3, 0.4) is 0 Å². The van der Waals surface area contributed by atoms with E-state index in [0.29, 0.717) is 18.9 Å². The predicted octanol–water partition coefficient (Wildman–Crippen LogP) is 4.94. The van der Waals surface area contributed by atoms with Gasteiger partial charge in [-0.25, -0.2) is 8.42 Å². The van der Waals surface area contributed by atoms with Crippen molar-refractivity contribution in [2.75, 3.05) is 25.6 Å². The van der Waals surface area contributed by atoms with E-state index in [0.717, 1.165) is 17.0 Å². The molecular weight excluding hydrogens is 555 g/mol. The summed E-state index contributed by atoms with van der Waals surface area (Å²) >= 11 is 1.48. The van der Waals surface area contributed by atoms with Crippen molar-refractivity contribution in [2.45, 2.75) is 47.3 Å². The Labute approximate surface area is 228 Å². The fourth-order valence-electron chi connectivity index (χ4n) is 4.66. The molecule has 1 saturated carbocycles. The zero-order valence-electron chi connectivity index (χ0n) is 21.3. The lowest BCUT2D eigenvalue weighted by atomic mass is 9.82. The zero-order valence-corrected chi connectivity index (χ0v) is 22.9. The van der Waals surface area contributed by atoms with Gasteiger partial charge in [0, 0.05) is 34.5 Å². The van der Waals surface area contributed by atoms with Gasteiger partial charge in [-0.3, -0.25) is 9.59 Å². The number of hydrogen-bond donors (Lipinski definition) is 1. The minimum absolute atomic E-state index is 0.146. The highest BCUT2D eigenvalue weighted by Gasteiger charge is 2.37. The smallest absolute Gasteiger partial charge is 0.343 e. The first-order valence-corrected chi connectivity index (χ1v) is 14.9. The van der Waals surface area contributed by atoms with Crippen LogP contribution in [0.2, 0.25) is 0 Å². The Hall–Kier alpha value is -3.22. The molecular formula is C25H28F3N5O4S2. The van der Waals surface area contributed by atoms with E-state index in [1.807, 2.05) is 6.26 Å². The lowest BCUT2D eigenvalue weighted by Gasteiger charge is -2.40. The molecule has 1 N–H and O–H groups in total. The molecule has 0 heterocycles. The van der Waals surface area contributed by atoms with E-state index in [2.05, 4.69) is 15.3 Å². The van der Waals surface area contributed by atoms with E-state index in [1.165, 1.54) is 41.9 Å². The molecule has 2 aromatic carbocycles. The van der Waals surface area contributed by atoms with Crippen molar-refractivity contribution >= 4 is 33.4 Å². The highest BCUT2D eigenvalue weighted by Crippen LogP contribution is 2.33. The van der Waals surface area contributed by atoms with E-state index < -0.39 is 57.9 Å². The number of thioether (sulfide) groups is 1. The fraction of sp³-hybridized carbons (Fsp3) is 0.440. The SMILES string of the molecule is CSc1ccc(S(=O)(=O)CC2CC(N=[N+]=[N-])CCC2N(C)C(=O)CNC(=O)c2cccc(C(F)(F)F)c2)cc1. The van der Waals surface area contributed by atoms with Gasteiger partial charge in [0.15, 0.2) is 9.84 Å². The lowest BCUT2D eigenvalue weighted by Crippen LogP contribution is -2.50. The van der Waals surface area contributed by atoms with Crippen LogP contribution in [-0.2, 0) is 20.8 Å². The molecule has 14 heteroatoms. The van der Waals surface area contributed by atoms with Gasteiger partial charge in [-0.2, -0.15) is 13.2 Å². The van der Waals surface area contributed by atoms with Crippen molar-refractivity contribution < 1.29 is 31.2 Å². The third-order valence-electron chi connectivity index (χ3n) is 6.72. The maximum absolute atomic E-state index is 13.2. The molecule has 3 unspecified atom stereocenters. The molecule has 0 spiro atoms. The lowest BCUT2D eigenvalue weighted by molar-refractivity contribution is -0.137. The Morgan fingerprint density at radius 3 is 2.49 bits per heavy atom. The van der Waals surface area contributed by atoms with Crippen LogP contribution in [0.1, 0.15) is 35.2 Å². The predicted molar refractivity (Wildman–Crippen MR) is 141 cm³/mol. The van der Waals surface area contributed by atoms with Gasteiger partial charge in [0.2, 0.25) is 5.91 Å². The Morgan fingerprint density at radius 1 is 1.18 bits per heavy atom. The number of amides is 2. The molecule has 0 aromatic heterocycles. The molecule has 1 fully saturated rings. The molecule has 0 aliphatic heterocycles. The molecule has 3 rings (SSSR count). The van der Waals surface area contributed by atoms with E-state index in [9.17, 15) is 31.2 Å². The minimum atomic E-state index is -4.62. The number of rotatable bonds is 9. The van der Waals surface area contributed by atoms with Crippen molar-refractivity contribution in [2.24, 2.45) is 11.0 Å². The molecule has 39 heavy (non-hydrogen) atoms. The van der Waals surface area contributed by atoms with Crippen LogP contribution in [0.15, 0.2) is 63.4 Å². The van der Waals surface area contributed by atoms with Crippen molar-refractivity contribution in [1.29, 1.82) is 0 Å². The molecule has 0 saturated heterocycles. The summed E-state index contributed by atoms with van der Waals surface area (Å²) in [5.41, 5.74) is 7.65. The van der Waals surface area contributed by atoms with Crippen molar-refractivity contribution in [1.82, 2.24) is 10.2 Å². The van der Waals surface area contributed by atoms with E-state index >= 15 is 0 Å². The van der Waals surface area contributed by atoms with Crippen LogP contribution in [0, 0.1) is 5.92 Å². The summed E-state index contributed by atoms with van der Waals surface area (Å²) in [5.74, 6) is -2.20. The molecule has 0 bridgehead atoms. The zero-order chi connectivity index (χ0) is 28.8. The van der Waals surface area contributed by atoms with Gasteiger partial charge in [-0.1, -0.05) is 11.2 Å². The van der Waals surface area contributed by atoms with Gasteiger partial charge in [0.05, 0.1) is 22.8 Å². The standard InChI is InChI=1S/C25H28F3N5O4S2/c1-33(23(34)14-30-24(35)16-4-3-5-18(12-16)25(26,27)28)22-11-6-19(31-32-29)13-17(22)15-39(36,37)21-9-7-20(38-2)8-10-21/h3-5,7-10,12,17,19,22H,6,11,13-15H2,1-2H3,(H,30,35). The van der Waals surface area contributed by atoms with Crippen LogP contribution in [0.5, 0.6) is 0 Å². The van der Waals surface area contributed by atoms with Gasteiger partial charge in [-0.05, 0) is 79.4 Å². The van der Waals surface area contributed by atoms with Crippen LogP contribution >= 0.6 is 11.8 Å². The number of alkyl halides is 3. The number of azide groups is 1. The van der Waals surface area contributed by atoms with Crippen LogP contribution in [0.25, 0.3) is 10.4 Å². The second-order valence-electron chi connectivity index (χ2n) is 9.22. The number of nitrogens with one attached hydrogen (secondary N) is 1. The van der Waals surface area contributed by atoms with Crippen LogP contribution < -0.4 is 5.32 Å². The highest BCUT2D eigenvalue weighted by molar-refractivity contribution is 7.98. The Bertz CT molecular complexity index is 1350. The van der Waals surface area contributed by atoms with Crippen molar-refractivity contribution in [3.8, 4) is 0 Å². The summed E-state index contributed by atoms with van der Waals surface area (Å²) in [7, 11) is -2.25. The maximum Gasteiger partial charge on any atom is 0.416 e. The van der Waals surface area contributed by atoms with Crippen LogP contribution in [0.4, 0.5) is 13.2 Å². The summed E-state index contributed by atoms with van der Waals surface area (Å²) in [6.45, 7) is -0.489. The average molecular weight is 584 g/mol. The van der Waals surface area contributed by atoms with E-state index in [-0.39, 0.29) is 22.6 Å². The fourth-order valence-corrected chi connectivity index (χ4v) is 6.73. The summed E-state index contributed by atoms with van der Waals surface area (Å²) in [6, 6.07) is 9.40. The normalized spacial score (nSPS) is 19.6. The number of likely N-dealkylation sites (N-methyl/N-ethyl adjacent to an activating group) is 1. The molecule has 1 aliphatic carbocycles. The number of sulfone groups is 1. The Kier molecular flexibility index (Phi) is 9.92. The number of carbonyl (C=O) groups excluding carboxylic acids is 2. The van der Waals surface area contributed by atoms with Crippen molar-refractivity contribution in [3.05, 3.63) is 70.1 Å². The Morgan fingerprint density at radius 2 is 1.87 bits per heavy atom. The molecule has 210 valence electrons. The molecule has 2 aromatic rings. The topological polar surface area (TPSA) is 132 Å². The average Bonchev–Trinajstić information content (AvgIpc) is 2.91. The van der Waals surface area contributed by atoms with Gasteiger partial charge in [-0.15, -0.1) is 11.8 Å². The van der Waals surface area contributed by atoms with E-state index in [4.69, 9.17) is 5.53 Å². The molecule has 3 atom stereocenters. The molecule has 2 amide bonds. The van der Waals surface area contributed by atoms with Gasteiger partial charge >= 0.3 is 6.18 Å². The third kappa shape index (κ3) is 7.90. The maximum atomic E-state index is 13.2. The number of hydrogen-bond acceptors (Lipinski definition) is 6. The van der Waals surface area contributed by atoms with Gasteiger partial charge in [0.1, 0.15) is 0 Å². The molecule has 9 nitrogen and oxygen atoms in total. The first-order valence-electron chi connectivity index (χ1n) is 12.0. The number of nitrogens with zero attached hydrogens (tertiary/aromatic N) is 4. The Balaban J connectivity index is 1.72. The summed E-state index contributed by atoms with van der Waals surface area (Å²) in [4.78, 5) is 30.6. The quantitative estimate of drug-likeness (QED) is 0.193. The summed E-state index contributed by atoms with van der Waals surface area (Å²) in [5, 5.41) is 6.10. The second kappa shape index (κ2) is 12.8. The summed E-state index contributed by atoms with van der Waals surface area (Å²) < 4.78 is 65.3. The number of carbonyl (C=O) groups is 2. The second-order valence-corrected chi connectivity index (χ2v) is 12.1. The monoisotopic (exact) mass is 583 g/mol. The first-order chi connectivity index (χ1) is 18.4. The largest absolute Gasteiger partial charge is 0.416 e. The first kappa shape index (κ1) is 30.3. The molecule has 1 aliphatic rings. The summed E-state index contributed by atoms with van der Waals surface area (Å²) in [6.07, 6.45) is -1.67. The third-order valence-corrected chi connectivity index (χ3v) is 9.33. The number of halogens is 3. The van der Waals surface area contributed by atoms with Crippen LogP contribution in [-0.4, -0.2) is 62.8 Å². The number of benzene rings is 2. The van der Waals surface area contributed by atoms with Gasteiger partial charge < -0.3 is 10.2 Å². The van der Waals surface area contributed by atoms with Gasteiger partial charge in [0.25, 0.3) is 5.91 Å².